The molecule has 22 heavy (non-hydrogen) atoms. The van der Waals surface area contributed by atoms with Crippen LogP contribution in [0.1, 0.15) is 23.0 Å². The zero-order chi connectivity index (χ0) is 16.1. The number of ether oxygens (including phenoxy) is 1. The molecule has 2 aromatic rings. The fraction of sp³-hybridized carbons (Fsp3) is 0.125. The Bertz CT molecular complexity index is 733. The highest BCUT2D eigenvalue weighted by Crippen LogP contribution is 2.27. The third-order valence-corrected chi connectivity index (χ3v) is 3.11. The van der Waals surface area contributed by atoms with Crippen molar-refractivity contribution in [2.24, 2.45) is 5.73 Å². The van der Waals surface area contributed by atoms with Gasteiger partial charge in [0.1, 0.15) is 11.5 Å². The standard InChI is InChI=1S/C16H14ClNO4/c1-2-21-16(20)12-9-10(3-6-13(12)17)14-7-4-11(22-14)5-8-15(18)19/h3-9H,2H2,1H3,(H2,18,19)/b8-5+. The van der Waals surface area contributed by atoms with Gasteiger partial charge in [-0.15, -0.1) is 0 Å². The molecule has 1 aromatic carbocycles. The van der Waals surface area contributed by atoms with Crippen molar-refractivity contribution in [3.63, 3.8) is 0 Å². The average Bonchev–Trinajstić information content (AvgIpc) is 2.94. The summed E-state index contributed by atoms with van der Waals surface area (Å²) >= 11 is 6.01. The van der Waals surface area contributed by atoms with E-state index >= 15 is 0 Å². The van der Waals surface area contributed by atoms with Gasteiger partial charge in [0.05, 0.1) is 17.2 Å². The summed E-state index contributed by atoms with van der Waals surface area (Å²) in [6, 6.07) is 8.34. The van der Waals surface area contributed by atoms with Gasteiger partial charge in [0.2, 0.25) is 5.91 Å². The van der Waals surface area contributed by atoms with Crippen molar-refractivity contribution >= 4 is 29.6 Å². The van der Waals surface area contributed by atoms with Crippen LogP contribution in [-0.2, 0) is 9.53 Å². The first-order valence-corrected chi connectivity index (χ1v) is 6.93. The van der Waals surface area contributed by atoms with Gasteiger partial charge in [-0.2, -0.15) is 0 Å². The van der Waals surface area contributed by atoms with Crippen LogP contribution in [0, 0.1) is 0 Å². The Morgan fingerprint density at radius 2 is 2.09 bits per heavy atom. The van der Waals surface area contributed by atoms with Gasteiger partial charge >= 0.3 is 5.97 Å². The minimum Gasteiger partial charge on any atom is -0.462 e. The van der Waals surface area contributed by atoms with Crippen molar-refractivity contribution < 1.29 is 18.7 Å². The zero-order valence-electron chi connectivity index (χ0n) is 11.8. The van der Waals surface area contributed by atoms with Crippen LogP contribution in [0.3, 0.4) is 0 Å². The second-order valence-corrected chi connectivity index (χ2v) is 4.76. The van der Waals surface area contributed by atoms with E-state index in [1.165, 1.54) is 12.2 Å². The summed E-state index contributed by atoms with van der Waals surface area (Å²) in [6.45, 7) is 1.99. The topological polar surface area (TPSA) is 82.5 Å². The van der Waals surface area contributed by atoms with Gasteiger partial charge in [0, 0.05) is 11.6 Å². The minimum absolute atomic E-state index is 0.266. The lowest BCUT2D eigenvalue weighted by atomic mass is 10.1. The van der Waals surface area contributed by atoms with Crippen molar-refractivity contribution in [3.8, 4) is 11.3 Å². The smallest absolute Gasteiger partial charge is 0.339 e. The molecule has 0 unspecified atom stereocenters. The van der Waals surface area contributed by atoms with Crippen molar-refractivity contribution in [2.45, 2.75) is 6.92 Å². The molecular weight excluding hydrogens is 306 g/mol. The van der Waals surface area contributed by atoms with Crippen LogP contribution >= 0.6 is 11.6 Å². The molecule has 0 saturated carbocycles. The van der Waals surface area contributed by atoms with Crippen molar-refractivity contribution in [2.75, 3.05) is 6.61 Å². The maximum Gasteiger partial charge on any atom is 0.339 e. The molecule has 0 aliphatic carbocycles. The van der Waals surface area contributed by atoms with E-state index in [-0.39, 0.29) is 12.2 Å². The molecule has 0 radical (unpaired) electrons. The molecule has 0 atom stereocenters. The number of benzene rings is 1. The number of rotatable bonds is 5. The molecule has 1 heterocycles. The van der Waals surface area contributed by atoms with E-state index in [1.807, 2.05) is 0 Å². The first-order chi connectivity index (χ1) is 10.5. The number of hydrogen-bond acceptors (Lipinski definition) is 4. The first kappa shape index (κ1) is 15.9. The Kier molecular flexibility index (Phi) is 5.01. The number of furan rings is 1. The summed E-state index contributed by atoms with van der Waals surface area (Å²) in [4.78, 5) is 22.5. The summed E-state index contributed by atoms with van der Waals surface area (Å²) in [7, 11) is 0. The van der Waals surface area contributed by atoms with Gasteiger partial charge < -0.3 is 14.9 Å². The molecule has 1 aromatic heterocycles. The zero-order valence-corrected chi connectivity index (χ0v) is 12.6. The highest BCUT2D eigenvalue weighted by atomic mass is 35.5. The molecule has 0 aliphatic rings. The molecule has 0 aliphatic heterocycles. The Labute approximate surface area is 132 Å². The molecular formula is C16H14ClNO4. The maximum absolute atomic E-state index is 11.8. The van der Waals surface area contributed by atoms with Crippen LogP contribution in [0.2, 0.25) is 5.02 Å². The van der Waals surface area contributed by atoms with Crippen molar-refractivity contribution in [3.05, 3.63) is 52.8 Å². The quantitative estimate of drug-likeness (QED) is 0.677. The molecule has 6 heteroatoms. The lowest BCUT2D eigenvalue weighted by molar-refractivity contribution is -0.113. The van der Waals surface area contributed by atoms with Crippen LogP contribution in [-0.4, -0.2) is 18.5 Å². The summed E-state index contributed by atoms with van der Waals surface area (Å²) in [5.41, 5.74) is 5.97. The fourth-order valence-electron chi connectivity index (χ4n) is 1.81. The Morgan fingerprint density at radius 1 is 1.32 bits per heavy atom. The summed E-state index contributed by atoms with van der Waals surface area (Å²) in [5.74, 6) is -0.0448. The average molecular weight is 320 g/mol. The number of nitrogens with two attached hydrogens (primary N) is 1. The van der Waals surface area contributed by atoms with E-state index in [0.717, 1.165) is 0 Å². The van der Waals surface area contributed by atoms with Crippen molar-refractivity contribution in [1.29, 1.82) is 0 Å². The maximum atomic E-state index is 11.8. The molecule has 1 amide bonds. The van der Waals surface area contributed by atoms with E-state index in [0.29, 0.717) is 22.1 Å². The molecule has 0 spiro atoms. The third-order valence-electron chi connectivity index (χ3n) is 2.78. The fourth-order valence-corrected chi connectivity index (χ4v) is 2.00. The van der Waals surface area contributed by atoms with Crippen LogP contribution < -0.4 is 5.73 Å². The van der Waals surface area contributed by atoms with Gasteiger partial charge in [-0.1, -0.05) is 11.6 Å². The number of primary amides is 1. The Balaban J connectivity index is 2.31. The molecule has 0 saturated heterocycles. The van der Waals surface area contributed by atoms with Gasteiger partial charge in [-0.25, -0.2) is 4.79 Å². The van der Waals surface area contributed by atoms with Crippen LogP contribution in [0.5, 0.6) is 0 Å². The van der Waals surface area contributed by atoms with Gasteiger partial charge in [0.15, 0.2) is 0 Å². The van der Waals surface area contributed by atoms with E-state index in [1.54, 1.807) is 37.3 Å². The van der Waals surface area contributed by atoms with Gasteiger partial charge in [0.25, 0.3) is 0 Å². The second kappa shape index (κ2) is 6.95. The molecule has 0 fully saturated rings. The summed E-state index contributed by atoms with van der Waals surface area (Å²) in [5, 5.41) is 0.308. The molecule has 114 valence electrons. The largest absolute Gasteiger partial charge is 0.462 e. The van der Waals surface area contributed by atoms with Crippen molar-refractivity contribution in [1.82, 2.24) is 0 Å². The number of esters is 1. The van der Waals surface area contributed by atoms with Gasteiger partial charge in [-0.05, 0) is 43.3 Å². The molecule has 5 nitrogen and oxygen atoms in total. The molecule has 2 rings (SSSR count). The SMILES string of the molecule is CCOC(=O)c1cc(-c2ccc(/C=C/C(N)=O)o2)ccc1Cl. The van der Waals surface area contributed by atoms with Gasteiger partial charge in [-0.3, -0.25) is 4.79 Å². The number of carbonyl (C=O) groups excluding carboxylic acids is 2. The Hall–Kier alpha value is -2.53. The Morgan fingerprint density at radius 3 is 2.77 bits per heavy atom. The highest BCUT2D eigenvalue weighted by Gasteiger charge is 2.14. The monoisotopic (exact) mass is 319 g/mol. The van der Waals surface area contributed by atoms with E-state index in [2.05, 4.69) is 0 Å². The number of halogens is 1. The van der Waals surface area contributed by atoms with Crippen LogP contribution in [0.15, 0.2) is 40.8 Å². The predicted molar refractivity (Wildman–Crippen MR) is 83.3 cm³/mol. The summed E-state index contributed by atoms with van der Waals surface area (Å²) in [6.07, 6.45) is 2.67. The normalized spacial score (nSPS) is 10.8. The first-order valence-electron chi connectivity index (χ1n) is 6.55. The highest BCUT2D eigenvalue weighted by molar-refractivity contribution is 6.33. The lowest BCUT2D eigenvalue weighted by Gasteiger charge is -2.05. The third kappa shape index (κ3) is 3.77. The molecule has 2 N–H and O–H groups in total. The minimum atomic E-state index is -0.561. The summed E-state index contributed by atoms with van der Waals surface area (Å²) < 4.78 is 10.5. The van der Waals surface area contributed by atoms with E-state index in [4.69, 9.17) is 26.5 Å². The number of hydrogen-bond donors (Lipinski definition) is 1. The second-order valence-electron chi connectivity index (χ2n) is 4.35. The predicted octanol–water partition coefficient (Wildman–Crippen LogP) is 3.28. The van der Waals surface area contributed by atoms with E-state index in [9.17, 15) is 9.59 Å². The van der Waals surface area contributed by atoms with Crippen LogP contribution in [0.25, 0.3) is 17.4 Å². The lowest BCUT2D eigenvalue weighted by Crippen LogP contribution is -2.05. The van der Waals surface area contributed by atoms with Crippen LogP contribution in [0.4, 0.5) is 0 Å². The number of carbonyl (C=O) groups is 2. The van der Waals surface area contributed by atoms with E-state index < -0.39 is 11.9 Å². The molecule has 0 bridgehead atoms. The number of amides is 1.